The van der Waals surface area contributed by atoms with E-state index in [9.17, 15) is 4.39 Å². The molecule has 0 unspecified atom stereocenters. The Morgan fingerprint density at radius 2 is 1.58 bits per heavy atom. The highest BCUT2D eigenvalue weighted by Crippen LogP contribution is 2.42. The Morgan fingerprint density at radius 1 is 0.861 bits per heavy atom. The molecule has 4 heterocycles. The smallest absolute Gasteiger partial charge is 0.174 e. The average Bonchev–Trinajstić information content (AvgIpc) is 3.54. The van der Waals surface area contributed by atoms with Crippen LogP contribution in [-0.2, 0) is 4.74 Å². The molecule has 0 spiro atoms. The highest BCUT2D eigenvalue weighted by molar-refractivity contribution is 7.80. The lowest BCUT2D eigenvalue weighted by atomic mass is 10.0. The number of rotatable bonds is 5. The summed E-state index contributed by atoms with van der Waals surface area (Å²) in [4.78, 5) is 9.14. The standard InChI is InChI=1S/C28H26FN5OS/c29-20-6-8-22(9-7-20)33-15-3-5-25(33)27-26(24-4-1-2-14-30-24)31-28(36)34(27)23-12-10-21(11-13-23)32-16-18-35-19-17-32/h1-15,26-27H,16-19H2,(H,31,36)/t26-,27-/m1/s1. The second-order valence-electron chi connectivity index (χ2n) is 8.89. The normalized spacial score (nSPS) is 20.0. The second-order valence-corrected chi connectivity index (χ2v) is 9.28. The van der Waals surface area contributed by atoms with Gasteiger partial charge in [0.1, 0.15) is 11.9 Å². The molecule has 0 saturated carbocycles. The van der Waals surface area contributed by atoms with Gasteiger partial charge in [-0.25, -0.2) is 4.39 Å². The van der Waals surface area contributed by atoms with Gasteiger partial charge in [-0.2, -0.15) is 0 Å². The molecule has 0 bridgehead atoms. The summed E-state index contributed by atoms with van der Waals surface area (Å²) in [5, 5.41) is 4.16. The van der Waals surface area contributed by atoms with E-state index < -0.39 is 0 Å². The lowest BCUT2D eigenvalue weighted by molar-refractivity contribution is 0.122. The van der Waals surface area contributed by atoms with Gasteiger partial charge < -0.3 is 24.4 Å². The van der Waals surface area contributed by atoms with Gasteiger partial charge in [-0.1, -0.05) is 6.07 Å². The summed E-state index contributed by atoms with van der Waals surface area (Å²) >= 11 is 5.89. The van der Waals surface area contributed by atoms with Gasteiger partial charge in [-0.3, -0.25) is 4.98 Å². The number of halogens is 1. The first kappa shape index (κ1) is 22.7. The summed E-state index contributed by atoms with van der Waals surface area (Å²) in [7, 11) is 0. The largest absolute Gasteiger partial charge is 0.378 e. The Kier molecular flexibility index (Phi) is 6.13. The molecule has 1 N–H and O–H groups in total. The number of thiocarbonyl (C=S) groups is 1. The van der Waals surface area contributed by atoms with Gasteiger partial charge in [0.2, 0.25) is 0 Å². The summed E-state index contributed by atoms with van der Waals surface area (Å²) in [6.45, 7) is 3.27. The van der Waals surface area contributed by atoms with Crippen molar-refractivity contribution < 1.29 is 9.13 Å². The van der Waals surface area contributed by atoms with E-state index in [0.717, 1.165) is 49.1 Å². The zero-order valence-electron chi connectivity index (χ0n) is 19.6. The Balaban J connectivity index is 1.41. The van der Waals surface area contributed by atoms with E-state index in [1.54, 1.807) is 18.3 Å². The minimum atomic E-state index is -0.260. The van der Waals surface area contributed by atoms with E-state index in [-0.39, 0.29) is 17.9 Å². The maximum absolute atomic E-state index is 13.7. The first-order chi connectivity index (χ1) is 17.7. The van der Waals surface area contributed by atoms with Crippen molar-refractivity contribution in [3.63, 3.8) is 0 Å². The van der Waals surface area contributed by atoms with Gasteiger partial charge in [0.25, 0.3) is 0 Å². The number of nitrogens with one attached hydrogen (secondary N) is 1. The molecule has 6 rings (SSSR count). The molecule has 36 heavy (non-hydrogen) atoms. The minimum Gasteiger partial charge on any atom is -0.378 e. The second kappa shape index (κ2) is 9.72. The van der Waals surface area contributed by atoms with Crippen molar-refractivity contribution in [2.75, 3.05) is 36.1 Å². The van der Waals surface area contributed by atoms with Crippen molar-refractivity contribution in [1.29, 1.82) is 0 Å². The van der Waals surface area contributed by atoms with Crippen LogP contribution in [0, 0.1) is 5.82 Å². The Labute approximate surface area is 214 Å². The molecule has 182 valence electrons. The number of hydrogen-bond acceptors (Lipinski definition) is 4. The molecule has 0 radical (unpaired) electrons. The Morgan fingerprint density at radius 3 is 2.31 bits per heavy atom. The number of benzene rings is 2. The summed E-state index contributed by atoms with van der Waals surface area (Å²) in [6, 6.07) is 24.8. The third-order valence-corrected chi connectivity index (χ3v) is 7.10. The van der Waals surface area contributed by atoms with E-state index in [0.29, 0.717) is 5.11 Å². The summed E-state index contributed by atoms with van der Waals surface area (Å²) in [5.41, 5.74) is 5.00. The van der Waals surface area contributed by atoms with Crippen LogP contribution in [0.1, 0.15) is 23.5 Å². The lowest BCUT2D eigenvalue weighted by Crippen LogP contribution is -2.36. The van der Waals surface area contributed by atoms with Crippen molar-refractivity contribution in [3.8, 4) is 5.69 Å². The van der Waals surface area contributed by atoms with Crippen LogP contribution in [-0.4, -0.2) is 41.0 Å². The van der Waals surface area contributed by atoms with Crippen LogP contribution in [0.15, 0.2) is 91.3 Å². The number of aromatic nitrogens is 2. The predicted octanol–water partition coefficient (Wildman–Crippen LogP) is 5.03. The molecule has 0 amide bonds. The number of pyridine rings is 1. The third-order valence-electron chi connectivity index (χ3n) is 6.79. The lowest BCUT2D eigenvalue weighted by Gasteiger charge is -2.31. The zero-order valence-corrected chi connectivity index (χ0v) is 20.4. The molecule has 2 aromatic heterocycles. The number of morpholine rings is 1. The molecular weight excluding hydrogens is 473 g/mol. The fourth-order valence-electron chi connectivity index (χ4n) is 5.05. The SMILES string of the molecule is Fc1ccc(-n2cccc2[C@@H]2[C@@H](c3ccccn3)NC(=S)N2c2ccc(N3CCOCC3)cc2)cc1. The van der Waals surface area contributed by atoms with Gasteiger partial charge in [0.15, 0.2) is 5.11 Å². The van der Waals surface area contributed by atoms with Crippen LogP contribution in [0.5, 0.6) is 0 Å². The summed E-state index contributed by atoms with van der Waals surface area (Å²) in [5.74, 6) is -0.260. The maximum Gasteiger partial charge on any atom is 0.174 e. The van der Waals surface area contributed by atoms with E-state index >= 15 is 0 Å². The number of nitrogens with zero attached hydrogens (tertiary/aromatic N) is 4. The highest BCUT2D eigenvalue weighted by atomic mass is 32.1. The van der Waals surface area contributed by atoms with Crippen molar-refractivity contribution in [2.45, 2.75) is 12.1 Å². The van der Waals surface area contributed by atoms with Crippen LogP contribution in [0.4, 0.5) is 15.8 Å². The summed E-state index contributed by atoms with van der Waals surface area (Å²) < 4.78 is 21.2. The zero-order chi connectivity index (χ0) is 24.5. The first-order valence-corrected chi connectivity index (χ1v) is 12.5. The van der Waals surface area contributed by atoms with E-state index in [4.69, 9.17) is 17.0 Å². The Bertz CT molecular complexity index is 1340. The van der Waals surface area contributed by atoms with Crippen LogP contribution in [0.25, 0.3) is 5.69 Å². The van der Waals surface area contributed by atoms with Gasteiger partial charge in [-0.15, -0.1) is 0 Å². The molecule has 8 heteroatoms. The minimum absolute atomic E-state index is 0.160. The molecule has 2 atom stereocenters. The fourth-order valence-corrected chi connectivity index (χ4v) is 5.40. The molecular formula is C28H26FN5OS. The van der Waals surface area contributed by atoms with Gasteiger partial charge in [0, 0.05) is 48.2 Å². The number of hydrogen-bond donors (Lipinski definition) is 1. The molecule has 6 nitrogen and oxygen atoms in total. The summed E-state index contributed by atoms with van der Waals surface area (Å²) in [6.07, 6.45) is 3.80. The van der Waals surface area contributed by atoms with Crippen molar-refractivity contribution in [3.05, 3.63) is 108 Å². The molecule has 2 saturated heterocycles. The topological polar surface area (TPSA) is 45.6 Å². The maximum atomic E-state index is 13.7. The van der Waals surface area contributed by atoms with Crippen LogP contribution in [0.3, 0.4) is 0 Å². The van der Waals surface area contributed by atoms with Crippen LogP contribution >= 0.6 is 12.2 Å². The van der Waals surface area contributed by atoms with Crippen LogP contribution in [0.2, 0.25) is 0 Å². The van der Waals surface area contributed by atoms with E-state index in [2.05, 4.69) is 55.0 Å². The quantitative estimate of drug-likeness (QED) is 0.389. The molecule has 2 fully saturated rings. The van der Waals surface area contributed by atoms with Gasteiger partial charge in [0.05, 0.1) is 24.9 Å². The number of anilines is 2. The monoisotopic (exact) mass is 499 g/mol. The van der Waals surface area contributed by atoms with Crippen molar-refractivity contribution in [1.82, 2.24) is 14.9 Å². The molecule has 2 aliphatic heterocycles. The van der Waals surface area contributed by atoms with Crippen LogP contribution < -0.4 is 15.1 Å². The van der Waals surface area contributed by atoms with E-state index in [1.807, 2.05) is 30.5 Å². The molecule has 2 aromatic carbocycles. The van der Waals surface area contributed by atoms with Gasteiger partial charge >= 0.3 is 0 Å². The molecule has 2 aliphatic rings. The highest BCUT2D eigenvalue weighted by Gasteiger charge is 2.42. The molecule has 4 aromatic rings. The first-order valence-electron chi connectivity index (χ1n) is 12.1. The Hall–Kier alpha value is -3.75. The van der Waals surface area contributed by atoms with Crippen molar-refractivity contribution >= 4 is 28.7 Å². The van der Waals surface area contributed by atoms with E-state index in [1.165, 1.54) is 17.8 Å². The average molecular weight is 500 g/mol. The van der Waals surface area contributed by atoms with Gasteiger partial charge in [-0.05, 0) is 85.0 Å². The predicted molar refractivity (Wildman–Crippen MR) is 143 cm³/mol. The fraction of sp³-hybridized carbons (Fsp3) is 0.214. The third kappa shape index (κ3) is 4.23. The molecule has 0 aliphatic carbocycles. The van der Waals surface area contributed by atoms with Crippen molar-refractivity contribution in [2.24, 2.45) is 0 Å². The number of ether oxygens (including phenoxy) is 1.